The fourth-order valence-electron chi connectivity index (χ4n) is 3.61. The average Bonchev–Trinajstić information content (AvgIpc) is 3.35. The first kappa shape index (κ1) is 20.5. The van der Waals surface area contributed by atoms with E-state index >= 15 is 0 Å². The lowest BCUT2D eigenvalue weighted by molar-refractivity contribution is -0.129. The highest BCUT2D eigenvalue weighted by atomic mass is 16.7. The van der Waals surface area contributed by atoms with Gasteiger partial charge < -0.3 is 24.1 Å². The maximum absolute atomic E-state index is 12.7. The zero-order chi connectivity index (χ0) is 22.0. The summed E-state index contributed by atoms with van der Waals surface area (Å²) < 4.78 is 18.0. The maximum Gasteiger partial charge on any atom is 0.340 e. The molecule has 2 heterocycles. The molecule has 2 aromatic carbocycles. The van der Waals surface area contributed by atoms with Gasteiger partial charge in [-0.3, -0.25) is 4.79 Å². The van der Waals surface area contributed by atoms with Gasteiger partial charge >= 0.3 is 5.97 Å². The van der Waals surface area contributed by atoms with Crippen molar-refractivity contribution in [2.45, 2.75) is 33.4 Å². The van der Waals surface area contributed by atoms with Gasteiger partial charge in [0.15, 0.2) is 17.6 Å². The number of aromatic nitrogens is 1. The zero-order valence-electron chi connectivity index (χ0n) is 17.7. The van der Waals surface area contributed by atoms with Crippen LogP contribution in [0.25, 0.3) is 5.69 Å². The van der Waals surface area contributed by atoms with E-state index in [2.05, 4.69) is 5.32 Å². The van der Waals surface area contributed by atoms with Crippen molar-refractivity contribution in [2.75, 3.05) is 6.79 Å². The van der Waals surface area contributed by atoms with E-state index in [1.165, 1.54) is 0 Å². The summed E-state index contributed by atoms with van der Waals surface area (Å²) in [5, 5.41) is 2.79. The van der Waals surface area contributed by atoms with E-state index in [4.69, 9.17) is 14.2 Å². The second-order valence-electron chi connectivity index (χ2n) is 7.41. The number of rotatable bonds is 6. The largest absolute Gasteiger partial charge is 0.454 e. The highest BCUT2D eigenvalue weighted by Gasteiger charge is 2.23. The smallest absolute Gasteiger partial charge is 0.340 e. The first-order valence-corrected chi connectivity index (χ1v) is 10.1. The highest BCUT2D eigenvalue weighted by Crippen LogP contribution is 2.32. The molecule has 1 aliphatic rings. The predicted molar refractivity (Wildman–Crippen MR) is 115 cm³/mol. The number of carbonyl (C=O) groups excluding carboxylic acids is 2. The Kier molecular flexibility index (Phi) is 5.66. The Morgan fingerprint density at radius 3 is 2.58 bits per heavy atom. The SMILES string of the molecule is Cc1cc(C(=O)O[C@H](C)C(=O)NCc2ccc3c(c2)OCO3)c(C)n1-c1ccccc1. The molecule has 0 bridgehead atoms. The number of hydrogen-bond donors (Lipinski definition) is 1. The molecule has 7 heteroatoms. The quantitative estimate of drug-likeness (QED) is 0.616. The summed E-state index contributed by atoms with van der Waals surface area (Å²) in [6.45, 7) is 5.84. The molecule has 0 saturated carbocycles. The summed E-state index contributed by atoms with van der Waals surface area (Å²) in [7, 11) is 0. The van der Waals surface area contributed by atoms with Crippen molar-refractivity contribution in [1.82, 2.24) is 9.88 Å². The third kappa shape index (κ3) is 4.26. The number of ether oxygens (including phenoxy) is 3. The fraction of sp³-hybridized carbons (Fsp3) is 0.250. The van der Waals surface area contributed by atoms with Gasteiger partial charge in [0.2, 0.25) is 6.79 Å². The van der Waals surface area contributed by atoms with Crippen LogP contribution in [0.2, 0.25) is 0 Å². The number of carbonyl (C=O) groups is 2. The molecule has 1 atom stereocenters. The van der Waals surface area contributed by atoms with Crippen LogP contribution in [0.5, 0.6) is 11.5 Å². The van der Waals surface area contributed by atoms with Crippen LogP contribution in [0, 0.1) is 13.8 Å². The fourth-order valence-corrected chi connectivity index (χ4v) is 3.61. The van der Waals surface area contributed by atoms with Crippen LogP contribution in [-0.2, 0) is 16.1 Å². The van der Waals surface area contributed by atoms with Crippen molar-refractivity contribution < 1.29 is 23.8 Å². The van der Waals surface area contributed by atoms with Gasteiger partial charge in [0.1, 0.15) is 0 Å². The first-order chi connectivity index (χ1) is 14.9. The number of nitrogens with zero attached hydrogens (tertiary/aromatic N) is 1. The third-order valence-corrected chi connectivity index (χ3v) is 5.22. The Bertz CT molecular complexity index is 1120. The molecule has 1 amide bonds. The lowest BCUT2D eigenvalue weighted by Crippen LogP contribution is -2.35. The molecule has 0 radical (unpaired) electrons. The van der Waals surface area contributed by atoms with Crippen molar-refractivity contribution in [3.63, 3.8) is 0 Å². The monoisotopic (exact) mass is 420 g/mol. The van der Waals surface area contributed by atoms with Gasteiger partial charge in [0.05, 0.1) is 5.56 Å². The van der Waals surface area contributed by atoms with E-state index in [1.54, 1.807) is 19.1 Å². The lowest BCUT2D eigenvalue weighted by atomic mass is 10.2. The van der Waals surface area contributed by atoms with Crippen molar-refractivity contribution in [3.8, 4) is 17.2 Å². The maximum atomic E-state index is 12.7. The Morgan fingerprint density at radius 1 is 1.06 bits per heavy atom. The molecule has 1 N–H and O–H groups in total. The van der Waals surface area contributed by atoms with Gasteiger partial charge in [-0.05, 0) is 56.7 Å². The van der Waals surface area contributed by atoms with Crippen LogP contribution < -0.4 is 14.8 Å². The van der Waals surface area contributed by atoms with Crippen molar-refractivity contribution >= 4 is 11.9 Å². The standard InChI is InChI=1S/C24H24N2O5/c1-15-11-20(16(2)26(15)19-7-5-4-6-8-19)24(28)31-17(3)23(27)25-13-18-9-10-21-22(12-18)30-14-29-21/h4-12,17H,13-14H2,1-3H3,(H,25,27)/t17-/m1/s1. The van der Waals surface area contributed by atoms with E-state index in [0.717, 1.165) is 22.6 Å². The van der Waals surface area contributed by atoms with Crippen LogP contribution in [0.3, 0.4) is 0 Å². The topological polar surface area (TPSA) is 78.8 Å². The van der Waals surface area contributed by atoms with E-state index < -0.39 is 12.1 Å². The van der Waals surface area contributed by atoms with Gasteiger partial charge in [0, 0.05) is 23.6 Å². The van der Waals surface area contributed by atoms with Gasteiger partial charge in [-0.1, -0.05) is 24.3 Å². The molecule has 0 fully saturated rings. The van der Waals surface area contributed by atoms with Gasteiger partial charge in [-0.15, -0.1) is 0 Å². The molecule has 31 heavy (non-hydrogen) atoms. The molecule has 7 nitrogen and oxygen atoms in total. The molecular formula is C24H24N2O5. The summed E-state index contributed by atoms with van der Waals surface area (Å²) in [5.74, 6) is 0.439. The summed E-state index contributed by atoms with van der Waals surface area (Å²) in [6.07, 6.45) is -0.929. The van der Waals surface area contributed by atoms with Crippen molar-refractivity contribution in [3.05, 3.63) is 77.1 Å². The van der Waals surface area contributed by atoms with Gasteiger partial charge in [0.25, 0.3) is 5.91 Å². The predicted octanol–water partition coefficient (Wildman–Crippen LogP) is 3.68. The van der Waals surface area contributed by atoms with Crippen LogP contribution in [-0.4, -0.2) is 29.3 Å². The molecule has 4 rings (SSSR count). The molecule has 160 valence electrons. The van der Waals surface area contributed by atoms with Crippen molar-refractivity contribution in [1.29, 1.82) is 0 Å². The molecule has 0 spiro atoms. The average molecular weight is 420 g/mol. The molecule has 0 unspecified atom stereocenters. The Hall–Kier alpha value is -3.74. The van der Waals surface area contributed by atoms with E-state index in [1.807, 2.05) is 60.9 Å². The van der Waals surface area contributed by atoms with Gasteiger partial charge in [-0.25, -0.2) is 4.79 Å². The normalized spacial score (nSPS) is 13.0. The first-order valence-electron chi connectivity index (χ1n) is 10.1. The Labute approximate surface area is 180 Å². The molecular weight excluding hydrogens is 396 g/mol. The molecule has 0 saturated heterocycles. The molecule has 1 aromatic heterocycles. The third-order valence-electron chi connectivity index (χ3n) is 5.22. The number of hydrogen-bond acceptors (Lipinski definition) is 5. The minimum atomic E-state index is -0.929. The number of fused-ring (bicyclic) bond motifs is 1. The summed E-state index contributed by atoms with van der Waals surface area (Å²) in [5.41, 5.74) is 3.95. The summed E-state index contributed by atoms with van der Waals surface area (Å²) in [4.78, 5) is 25.2. The summed E-state index contributed by atoms with van der Waals surface area (Å²) in [6, 6.07) is 17.0. The second-order valence-corrected chi connectivity index (χ2v) is 7.41. The van der Waals surface area contributed by atoms with Crippen molar-refractivity contribution in [2.24, 2.45) is 0 Å². The molecule has 0 aliphatic carbocycles. The number of amides is 1. The molecule has 3 aromatic rings. The minimum Gasteiger partial charge on any atom is -0.454 e. The van der Waals surface area contributed by atoms with Crippen LogP contribution in [0.15, 0.2) is 54.6 Å². The number of para-hydroxylation sites is 1. The van der Waals surface area contributed by atoms with Gasteiger partial charge in [-0.2, -0.15) is 0 Å². The van der Waals surface area contributed by atoms with E-state index in [9.17, 15) is 9.59 Å². The minimum absolute atomic E-state index is 0.197. The molecule has 1 aliphatic heterocycles. The Morgan fingerprint density at radius 2 is 1.81 bits per heavy atom. The second kappa shape index (κ2) is 8.55. The summed E-state index contributed by atoms with van der Waals surface area (Å²) >= 11 is 0. The number of benzene rings is 2. The number of nitrogens with one attached hydrogen (secondary N) is 1. The van der Waals surface area contributed by atoms with E-state index in [-0.39, 0.29) is 12.7 Å². The Balaban J connectivity index is 1.39. The van der Waals surface area contributed by atoms with Crippen LogP contribution >= 0.6 is 0 Å². The number of esters is 1. The van der Waals surface area contributed by atoms with Crippen LogP contribution in [0.1, 0.15) is 34.2 Å². The number of aryl methyl sites for hydroxylation is 1. The lowest BCUT2D eigenvalue weighted by Gasteiger charge is -2.14. The highest BCUT2D eigenvalue weighted by molar-refractivity contribution is 5.93. The van der Waals surface area contributed by atoms with Crippen LogP contribution in [0.4, 0.5) is 0 Å². The van der Waals surface area contributed by atoms with E-state index in [0.29, 0.717) is 23.6 Å². The zero-order valence-corrected chi connectivity index (χ0v) is 17.7.